The van der Waals surface area contributed by atoms with Gasteiger partial charge in [-0.3, -0.25) is 4.79 Å². The molecule has 1 unspecified atom stereocenters. The number of allylic oxidation sites excluding steroid dienone is 1. The second-order valence-electron chi connectivity index (χ2n) is 7.19. The quantitative estimate of drug-likeness (QED) is 0.680. The molecule has 0 spiro atoms. The number of nitrogens with zero attached hydrogens (tertiary/aromatic N) is 1. The molecule has 1 aromatic carbocycles. The number of carbonyl (C=O) groups excluding carboxylic acids is 1. The number of phenolic OH excluding ortho intramolecular Hbond substituents is 1. The lowest BCUT2D eigenvalue weighted by molar-refractivity contribution is -0.133. The largest absolute Gasteiger partial charge is 0.508 e. The van der Waals surface area contributed by atoms with Crippen LogP contribution in [0.25, 0.3) is 10.6 Å². The van der Waals surface area contributed by atoms with Gasteiger partial charge in [0, 0.05) is 28.3 Å². The van der Waals surface area contributed by atoms with E-state index in [1.807, 2.05) is 19.9 Å². The summed E-state index contributed by atoms with van der Waals surface area (Å²) >= 11 is 1.52. The number of hydrogen-bond donors (Lipinski definition) is 3. The van der Waals surface area contributed by atoms with Crippen LogP contribution >= 0.6 is 11.3 Å². The summed E-state index contributed by atoms with van der Waals surface area (Å²) in [5.74, 6) is -1.18. The molecule has 0 bridgehead atoms. The predicted octanol–water partition coefficient (Wildman–Crippen LogP) is 4.03. The molecule has 3 rings (SSSR count). The third-order valence-corrected chi connectivity index (χ3v) is 6.00. The number of carbonyl (C=O) groups is 2. The van der Waals surface area contributed by atoms with Crippen LogP contribution in [0.2, 0.25) is 0 Å². The van der Waals surface area contributed by atoms with Crippen LogP contribution in [0.15, 0.2) is 35.7 Å². The molecule has 28 heavy (non-hydrogen) atoms. The highest BCUT2D eigenvalue weighted by atomic mass is 32.1. The Balaban J connectivity index is 1.68. The van der Waals surface area contributed by atoms with Crippen molar-refractivity contribution < 1.29 is 19.8 Å². The van der Waals surface area contributed by atoms with E-state index in [0.717, 1.165) is 33.9 Å². The van der Waals surface area contributed by atoms with E-state index in [4.69, 9.17) is 0 Å². The van der Waals surface area contributed by atoms with Crippen LogP contribution in [-0.2, 0) is 16.0 Å². The van der Waals surface area contributed by atoms with Gasteiger partial charge in [0.05, 0.1) is 5.57 Å². The number of carboxylic acid groups (broad SMARTS) is 1. The molecule has 1 aliphatic rings. The van der Waals surface area contributed by atoms with Gasteiger partial charge in [0.25, 0.3) is 0 Å². The van der Waals surface area contributed by atoms with Crippen LogP contribution in [0, 0.1) is 12.8 Å². The summed E-state index contributed by atoms with van der Waals surface area (Å²) in [5, 5.41) is 22.6. The zero-order valence-electron chi connectivity index (χ0n) is 16.0. The molecule has 148 valence electrons. The van der Waals surface area contributed by atoms with Crippen LogP contribution in [0.5, 0.6) is 5.75 Å². The molecular weight excluding hydrogens is 376 g/mol. The first-order valence-electron chi connectivity index (χ1n) is 9.36. The van der Waals surface area contributed by atoms with Crippen molar-refractivity contribution >= 4 is 23.2 Å². The van der Waals surface area contributed by atoms with Crippen molar-refractivity contribution in [3.8, 4) is 16.3 Å². The van der Waals surface area contributed by atoms with Gasteiger partial charge >= 0.3 is 5.97 Å². The summed E-state index contributed by atoms with van der Waals surface area (Å²) in [4.78, 5) is 29.4. The zero-order chi connectivity index (χ0) is 20.3. The Labute approximate surface area is 167 Å². The Bertz CT molecular complexity index is 932. The first-order chi connectivity index (χ1) is 13.3. The molecule has 6 nitrogen and oxygen atoms in total. The highest BCUT2D eigenvalue weighted by Crippen LogP contribution is 2.31. The monoisotopic (exact) mass is 400 g/mol. The Hall–Kier alpha value is -2.67. The summed E-state index contributed by atoms with van der Waals surface area (Å²) < 4.78 is 0. The number of carboxylic acids is 1. The first-order valence-corrected chi connectivity index (χ1v) is 10.2. The minimum absolute atomic E-state index is 0.161. The van der Waals surface area contributed by atoms with Gasteiger partial charge in [-0.1, -0.05) is 6.92 Å². The van der Waals surface area contributed by atoms with Crippen molar-refractivity contribution in [2.45, 2.75) is 46.0 Å². The Morgan fingerprint density at radius 1 is 1.29 bits per heavy atom. The zero-order valence-corrected chi connectivity index (χ0v) is 16.8. The molecule has 7 heteroatoms. The first kappa shape index (κ1) is 20.1. The number of amides is 1. The Morgan fingerprint density at radius 2 is 2.04 bits per heavy atom. The third kappa shape index (κ3) is 4.59. The molecule has 0 aliphatic heterocycles. The van der Waals surface area contributed by atoms with E-state index in [0.29, 0.717) is 30.5 Å². The fourth-order valence-electron chi connectivity index (χ4n) is 3.36. The molecule has 0 radical (unpaired) electrons. The van der Waals surface area contributed by atoms with Crippen LogP contribution in [0.1, 0.15) is 43.0 Å². The molecule has 1 aromatic heterocycles. The second kappa shape index (κ2) is 8.56. The highest BCUT2D eigenvalue weighted by molar-refractivity contribution is 7.15. The van der Waals surface area contributed by atoms with Crippen molar-refractivity contribution in [1.82, 2.24) is 10.3 Å². The number of aromatic hydroxyl groups is 1. The van der Waals surface area contributed by atoms with Gasteiger partial charge in [0.2, 0.25) is 5.91 Å². The molecule has 3 N–H and O–H groups in total. The number of aromatic nitrogens is 1. The average Bonchev–Trinajstić information content (AvgIpc) is 3.10. The van der Waals surface area contributed by atoms with Gasteiger partial charge in [0.15, 0.2) is 0 Å². The summed E-state index contributed by atoms with van der Waals surface area (Å²) in [6, 6.07) is 5.17. The Morgan fingerprint density at radius 3 is 2.75 bits per heavy atom. The van der Waals surface area contributed by atoms with Crippen LogP contribution in [0.4, 0.5) is 0 Å². The van der Waals surface area contributed by atoms with E-state index in [2.05, 4.69) is 10.3 Å². The fourth-order valence-corrected chi connectivity index (χ4v) is 4.49. The topological polar surface area (TPSA) is 99.5 Å². The number of phenols is 1. The molecular formula is C21H24N2O4S. The number of thiazole rings is 1. The summed E-state index contributed by atoms with van der Waals surface area (Å²) in [5.41, 5.74) is 2.79. The summed E-state index contributed by atoms with van der Waals surface area (Å²) in [7, 11) is 0. The van der Waals surface area contributed by atoms with Gasteiger partial charge in [-0.25, -0.2) is 9.78 Å². The molecule has 1 aliphatic carbocycles. The minimum atomic E-state index is -0.945. The van der Waals surface area contributed by atoms with E-state index in [1.165, 1.54) is 11.3 Å². The summed E-state index contributed by atoms with van der Waals surface area (Å²) in [6.45, 7) is 3.76. The number of aliphatic carboxylic acids is 1. The minimum Gasteiger partial charge on any atom is -0.508 e. The molecule has 0 saturated heterocycles. The second-order valence-corrected chi connectivity index (χ2v) is 8.31. The van der Waals surface area contributed by atoms with E-state index in [1.54, 1.807) is 18.3 Å². The van der Waals surface area contributed by atoms with E-state index in [9.17, 15) is 19.8 Å². The lowest BCUT2D eigenvalue weighted by Gasteiger charge is -2.20. The van der Waals surface area contributed by atoms with Gasteiger partial charge in [0.1, 0.15) is 10.8 Å². The maximum absolute atomic E-state index is 12.6. The molecule has 1 atom stereocenters. The fraction of sp³-hybridized carbons (Fsp3) is 0.381. The lowest BCUT2D eigenvalue weighted by Crippen LogP contribution is -2.32. The van der Waals surface area contributed by atoms with Crippen molar-refractivity contribution in [3.63, 3.8) is 0 Å². The molecule has 2 aromatic rings. The molecule has 1 amide bonds. The van der Waals surface area contributed by atoms with Gasteiger partial charge in [-0.15, -0.1) is 11.3 Å². The number of nitrogens with one attached hydrogen (secondary N) is 1. The number of rotatable bonds is 6. The number of benzene rings is 1. The van der Waals surface area contributed by atoms with Crippen molar-refractivity contribution in [2.24, 2.45) is 5.92 Å². The van der Waals surface area contributed by atoms with E-state index >= 15 is 0 Å². The lowest BCUT2D eigenvalue weighted by atomic mass is 9.95. The smallest absolute Gasteiger partial charge is 0.333 e. The third-order valence-electron chi connectivity index (χ3n) is 4.95. The van der Waals surface area contributed by atoms with E-state index in [-0.39, 0.29) is 17.6 Å². The number of hydrogen-bond acceptors (Lipinski definition) is 5. The average molecular weight is 401 g/mol. The van der Waals surface area contributed by atoms with Gasteiger partial charge < -0.3 is 15.5 Å². The standard InChI is InChI=1S/C21H24N2O4S/c1-12-9-14(24)7-8-16(12)20-22-11-15(28-20)10-13(2)19(25)23-18-6-4-3-5-17(18)21(26)27/h7-9,11,13,24H,3-6,10H2,1-2H3,(H,23,25)(H,26,27). The normalized spacial score (nSPS) is 15.4. The number of aryl methyl sites for hydroxylation is 1. The van der Waals surface area contributed by atoms with Gasteiger partial charge in [-0.2, -0.15) is 0 Å². The van der Waals surface area contributed by atoms with Crippen molar-refractivity contribution in [2.75, 3.05) is 0 Å². The van der Waals surface area contributed by atoms with Crippen LogP contribution in [-0.4, -0.2) is 27.1 Å². The maximum atomic E-state index is 12.6. The van der Waals surface area contributed by atoms with Crippen LogP contribution in [0.3, 0.4) is 0 Å². The van der Waals surface area contributed by atoms with E-state index < -0.39 is 5.97 Å². The maximum Gasteiger partial charge on any atom is 0.333 e. The summed E-state index contributed by atoms with van der Waals surface area (Å²) in [6.07, 6.45) is 5.16. The van der Waals surface area contributed by atoms with Crippen molar-refractivity contribution in [1.29, 1.82) is 0 Å². The predicted molar refractivity (Wildman–Crippen MR) is 108 cm³/mol. The molecule has 0 fully saturated rings. The Kier molecular flexibility index (Phi) is 6.14. The SMILES string of the molecule is Cc1cc(O)ccc1-c1ncc(CC(C)C(=O)NC2=C(C(=O)O)CCCC2)s1. The van der Waals surface area contributed by atoms with Gasteiger partial charge in [-0.05, 0) is 62.8 Å². The van der Waals surface area contributed by atoms with Crippen LogP contribution < -0.4 is 5.32 Å². The van der Waals surface area contributed by atoms with Crippen molar-refractivity contribution in [3.05, 3.63) is 46.1 Å². The molecule has 1 heterocycles. The highest BCUT2D eigenvalue weighted by Gasteiger charge is 2.23. The molecule has 0 saturated carbocycles.